The van der Waals surface area contributed by atoms with Crippen LogP contribution < -0.4 is 10.6 Å². The number of hydrogen-bond donors (Lipinski definition) is 3. The number of guanidine groups is 1. The minimum Gasteiger partial charge on any atom is -0.393 e. The van der Waals surface area contributed by atoms with Crippen molar-refractivity contribution < 1.29 is 5.11 Å². The topological polar surface area (TPSA) is 59.9 Å². The van der Waals surface area contributed by atoms with Crippen LogP contribution in [0, 0.1) is 11.8 Å². The normalized spacial score (nSPS) is 27.6. The summed E-state index contributed by atoms with van der Waals surface area (Å²) in [6.45, 7) is 11.9. The predicted molar refractivity (Wildman–Crippen MR) is 96.8 cm³/mol. The quantitative estimate of drug-likeness (QED) is 0.515. The molecule has 23 heavy (non-hydrogen) atoms. The van der Waals surface area contributed by atoms with Crippen LogP contribution in [0.15, 0.2) is 4.99 Å². The van der Waals surface area contributed by atoms with E-state index in [0.717, 1.165) is 44.2 Å². The van der Waals surface area contributed by atoms with Crippen LogP contribution in [0.3, 0.4) is 0 Å². The molecule has 134 valence electrons. The summed E-state index contributed by atoms with van der Waals surface area (Å²) in [7, 11) is 0. The molecule has 5 heteroatoms. The van der Waals surface area contributed by atoms with Crippen LogP contribution in [-0.2, 0) is 0 Å². The summed E-state index contributed by atoms with van der Waals surface area (Å²) < 4.78 is 0. The van der Waals surface area contributed by atoms with Gasteiger partial charge in [0.15, 0.2) is 5.96 Å². The van der Waals surface area contributed by atoms with Crippen LogP contribution in [0.25, 0.3) is 0 Å². The average Bonchev–Trinajstić information content (AvgIpc) is 2.92. The lowest BCUT2D eigenvalue weighted by atomic mass is 10.0. The van der Waals surface area contributed by atoms with E-state index in [1.807, 2.05) is 0 Å². The SMILES string of the molecule is CCNC(=NCC1CCCC1O)NC1CCN(CC(C)C)CC1. The van der Waals surface area contributed by atoms with Gasteiger partial charge in [0.05, 0.1) is 6.10 Å². The second kappa shape index (κ2) is 9.48. The second-order valence-corrected chi connectivity index (χ2v) is 7.59. The van der Waals surface area contributed by atoms with Gasteiger partial charge in [-0.2, -0.15) is 0 Å². The van der Waals surface area contributed by atoms with Crippen molar-refractivity contribution in [3.63, 3.8) is 0 Å². The van der Waals surface area contributed by atoms with Crippen LogP contribution in [0.2, 0.25) is 0 Å². The first-order chi connectivity index (χ1) is 11.1. The van der Waals surface area contributed by atoms with Crippen LogP contribution >= 0.6 is 0 Å². The van der Waals surface area contributed by atoms with Gasteiger partial charge in [-0.1, -0.05) is 20.3 Å². The molecule has 5 nitrogen and oxygen atoms in total. The smallest absolute Gasteiger partial charge is 0.191 e. The summed E-state index contributed by atoms with van der Waals surface area (Å²) in [4.78, 5) is 7.30. The summed E-state index contributed by atoms with van der Waals surface area (Å²) in [6.07, 6.45) is 5.41. The molecule has 1 saturated carbocycles. The Balaban J connectivity index is 1.78. The monoisotopic (exact) mass is 324 g/mol. The molecule has 0 aromatic carbocycles. The van der Waals surface area contributed by atoms with E-state index >= 15 is 0 Å². The van der Waals surface area contributed by atoms with Crippen molar-refractivity contribution >= 4 is 5.96 Å². The summed E-state index contributed by atoms with van der Waals surface area (Å²) in [5.74, 6) is 2.02. The van der Waals surface area contributed by atoms with Crippen LogP contribution in [0.1, 0.15) is 52.9 Å². The number of aliphatic hydroxyl groups is 1. The Kier molecular flexibility index (Phi) is 7.63. The number of nitrogens with one attached hydrogen (secondary N) is 2. The minimum atomic E-state index is -0.152. The molecule has 0 radical (unpaired) electrons. The number of rotatable bonds is 6. The van der Waals surface area contributed by atoms with Crippen molar-refractivity contribution in [3.05, 3.63) is 0 Å². The molecular formula is C18H36N4O. The largest absolute Gasteiger partial charge is 0.393 e. The number of piperidine rings is 1. The third kappa shape index (κ3) is 6.30. The average molecular weight is 325 g/mol. The predicted octanol–water partition coefficient (Wildman–Crippen LogP) is 1.82. The zero-order chi connectivity index (χ0) is 16.7. The molecule has 2 atom stereocenters. The van der Waals surface area contributed by atoms with Crippen LogP contribution in [0.4, 0.5) is 0 Å². The van der Waals surface area contributed by atoms with Gasteiger partial charge < -0.3 is 20.6 Å². The Morgan fingerprint density at radius 1 is 1.22 bits per heavy atom. The minimum absolute atomic E-state index is 0.152. The fraction of sp³-hybridized carbons (Fsp3) is 0.944. The first kappa shape index (κ1) is 18.5. The molecule has 2 unspecified atom stereocenters. The van der Waals surface area contributed by atoms with Crippen molar-refractivity contribution in [2.45, 2.75) is 65.0 Å². The molecule has 1 aliphatic carbocycles. The van der Waals surface area contributed by atoms with Crippen molar-refractivity contribution in [3.8, 4) is 0 Å². The van der Waals surface area contributed by atoms with Crippen molar-refractivity contribution in [1.29, 1.82) is 0 Å². The molecule has 0 aromatic rings. The van der Waals surface area contributed by atoms with Gasteiger partial charge in [-0.05, 0) is 38.5 Å². The Labute approximate surface area is 141 Å². The van der Waals surface area contributed by atoms with E-state index < -0.39 is 0 Å². The van der Waals surface area contributed by atoms with Gasteiger partial charge in [-0.25, -0.2) is 0 Å². The molecule has 0 amide bonds. The number of aliphatic imine (C=N–C) groups is 1. The fourth-order valence-corrected chi connectivity index (χ4v) is 3.73. The summed E-state index contributed by atoms with van der Waals surface area (Å²) in [5, 5.41) is 16.9. The molecule has 1 saturated heterocycles. The molecule has 2 fully saturated rings. The van der Waals surface area contributed by atoms with Crippen molar-refractivity contribution in [2.24, 2.45) is 16.8 Å². The highest BCUT2D eigenvalue weighted by molar-refractivity contribution is 5.80. The number of aliphatic hydroxyl groups excluding tert-OH is 1. The number of nitrogens with zero attached hydrogens (tertiary/aromatic N) is 2. The maximum Gasteiger partial charge on any atom is 0.191 e. The van der Waals surface area contributed by atoms with E-state index in [0.29, 0.717) is 12.0 Å². The third-order valence-electron chi connectivity index (χ3n) is 5.00. The van der Waals surface area contributed by atoms with Crippen LogP contribution in [0.5, 0.6) is 0 Å². The van der Waals surface area contributed by atoms with Gasteiger partial charge in [0, 0.05) is 44.7 Å². The van der Waals surface area contributed by atoms with E-state index in [4.69, 9.17) is 4.99 Å². The zero-order valence-corrected chi connectivity index (χ0v) is 15.2. The maximum absolute atomic E-state index is 9.94. The third-order valence-corrected chi connectivity index (χ3v) is 5.00. The molecule has 2 aliphatic rings. The lowest BCUT2D eigenvalue weighted by molar-refractivity contribution is 0.136. The van der Waals surface area contributed by atoms with Crippen molar-refractivity contribution in [1.82, 2.24) is 15.5 Å². The number of hydrogen-bond acceptors (Lipinski definition) is 3. The zero-order valence-electron chi connectivity index (χ0n) is 15.2. The molecule has 1 heterocycles. The molecule has 0 bridgehead atoms. The fourth-order valence-electron chi connectivity index (χ4n) is 3.73. The summed E-state index contributed by atoms with van der Waals surface area (Å²) in [6, 6.07) is 0.518. The van der Waals surface area contributed by atoms with Gasteiger partial charge in [-0.3, -0.25) is 4.99 Å². The van der Waals surface area contributed by atoms with E-state index in [-0.39, 0.29) is 6.10 Å². The summed E-state index contributed by atoms with van der Waals surface area (Å²) in [5.41, 5.74) is 0. The second-order valence-electron chi connectivity index (χ2n) is 7.59. The lowest BCUT2D eigenvalue weighted by Gasteiger charge is -2.34. The number of likely N-dealkylation sites (tertiary alicyclic amines) is 1. The highest BCUT2D eigenvalue weighted by atomic mass is 16.3. The van der Waals surface area contributed by atoms with E-state index in [1.165, 1.54) is 32.5 Å². The molecular weight excluding hydrogens is 288 g/mol. The van der Waals surface area contributed by atoms with Gasteiger partial charge in [0.1, 0.15) is 0 Å². The molecule has 3 N–H and O–H groups in total. The van der Waals surface area contributed by atoms with E-state index in [1.54, 1.807) is 0 Å². The Morgan fingerprint density at radius 3 is 2.52 bits per heavy atom. The molecule has 0 spiro atoms. The van der Waals surface area contributed by atoms with Gasteiger partial charge >= 0.3 is 0 Å². The Bertz CT molecular complexity index is 364. The highest BCUT2D eigenvalue weighted by Gasteiger charge is 2.25. The molecule has 0 aromatic heterocycles. The van der Waals surface area contributed by atoms with Gasteiger partial charge in [-0.15, -0.1) is 0 Å². The van der Waals surface area contributed by atoms with Crippen LogP contribution in [-0.4, -0.2) is 60.8 Å². The molecule has 2 rings (SSSR count). The lowest BCUT2D eigenvalue weighted by Crippen LogP contribution is -2.49. The van der Waals surface area contributed by atoms with Gasteiger partial charge in [0.2, 0.25) is 0 Å². The van der Waals surface area contributed by atoms with E-state index in [9.17, 15) is 5.11 Å². The standard InChI is InChI=1S/C18H36N4O/c1-4-19-18(20-12-15-6-5-7-17(15)23)21-16-8-10-22(11-9-16)13-14(2)3/h14-17,23H,4-13H2,1-3H3,(H2,19,20,21). The van der Waals surface area contributed by atoms with Crippen molar-refractivity contribution in [2.75, 3.05) is 32.7 Å². The summed E-state index contributed by atoms with van der Waals surface area (Å²) >= 11 is 0. The first-order valence-corrected chi connectivity index (χ1v) is 9.53. The van der Waals surface area contributed by atoms with Gasteiger partial charge in [0.25, 0.3) is 0 Å². The maximum atomic E-state index is 9.94. The Hall–Kier alpha value is -0.810. The highest BCUT2D eigenvalue weighted by Crippen LogP contribution is 2.25. The molecule has 1 aliphatic heterocycles. The first-order valence-electron chi connectivity index (χ1n) is 9.53. The van der Waals surface area contributed by atoms with E-state index in [2.05, 4.69) is 36.3 Å². The Morgan fingerprint density at radius 2 is 1.96 bits per heavy atom.